The van der Waals surface area contributed by atoms with Gasteiger partial charge in [0, 0.05) is 30.2 Å². The number of likely N-dealkylation sites (N-methyl/N-ethyl adjacent to an activating group) is 1. The smallest absolute Gasteiger partial charge is 0.149 e. The molecule has 1 saturated heterocycles. The molecule has 1 aromatic rings. The first-order valence-electron chi connectivity index (χ1n) is 5.95. The highest BCUT2D eigenvalue weighted by Crippen LogP contribution is 2.34. The van der Waals surface area contributed by atoms with Crippen LogP contribution in [-0.4, -0.2) is 39.3 Å². The highest BCUT2D eigenvalue weighted by atomic mass is 32.2. The van der Waals surface area contributed by atoms with Crippen molar-refractivity contribution in [2.75, 3.05) is 30.3 Å². The van der Waals surface area contributed by atoms with Crippen LogP contribution in [0.1, 0.15) is 24.2 Å². The van der Waals surface area contributed by atoms with E-state index in [1.165, 1.54) is 22.8 Å². The fourth-order valence-corrected chi connectivity index (χ4v) is 3.19. The molecule has 2 N–H and O–H groups in total. The topological polar surface area (TPSA) is 47.1 Å². The van der Waals surface area contributed by atoms with Gasteiger partial charge in [-0.2, -0.15) is 16.9 Å². The zero-order valence-electron chi connectivity index (χ0n) is 9.65. The predicted molar refractivity (Wildman–Crippen MR) is 67.7 cm³/mol. The van der Waals surface area contributed by atoms with Crippen LogP contribution in [0.2, 0.25) is 0 Å². The first-order chi connectivity index (χ1) is 7.79. The van der Waals surface area contributed by atoms with Crippen molar-refractivity contribution in [2.45, 2.75) is 25.9 Å². The molecule has 0 spiro atoms. The monoisotopic (exact) mass is 238 g/mol. The van der Waals surface area contributed by atoms with E-state index in [2.05, 4.69) is 21.6 Å². The minimum atomic E-state index is 0.591. The molecule has 0 saturated carbocycles. The van der Waals surface area contributed by atoms with Crippen LogP contribution in [-0.2, 0) is 13.0 Å². The zero-order valence-corrected chi connectivity index (χ0v) is 10.5. The molecule has 3 heterocycles. The van der Waals surface area contributed by atoms with Gasteiger partial charge in [0.2, 0.25) is 0 Å². The highest BCUT2D eigenvalue weighted by molar-refractivity contribution is 8.00. The summed E-state index contributed by atoms with van der Waals surface area (Å²) >= 11 is 1.99. The van der Waals surface area contributed by atoms with Gasteiger partial charge in [-0.05, 0) is 13.0 Å². The van der Waals surface area contributed by atoms with Crippen molar-refractivity contribution < 1.29 is 0 Å². The van der Waals surface area contributed by atoms with Gasteiger partial charge >= 0.3 is 0 Å². The predicted octanol–water partition coefficient (Wildman–Crippen LogP) is 1.13. The van der Waals surface area contributed by atoms with E-state index in [1.807, 2.05) is 11.8 Å². The highest BCUT2D eigenvalue weighted by Gasteiger charge is 2.29. The van der Waals surface area contributed by atoms with E-state index in [4.69, 9.17) is 5.73 Å². The fourth-order valence-electron chi connectivity index (χ4n) is 2.46. The Bertz CT molecular complexity index is 397. The van der Waals surface area contributed by atoms with Crippen molar-refractivity contribution in [1.82, 2.24) is 14.7 Å². The van der Waals surface area contributed by atoms with Crippen LogP contribution in [0, 0.1) is 0 Å². The first kappa shape index (κ1) is 10.5. The van der Waals surface area contributed by atoms with Crippen molar-refractivity contribution in [3.63, 3.8) is 0 Å². The molecule has 0 bridgehead atoms. The summed E-state index contributed by atoms with van der Waals surface area (Å²) in [4.78, 5) is 2.46. The molecule has 1 fully saturated rings. The molecule has 3 rings (SSSR count). The second kappa shape index (κ2) is 3.96. The van der Waals surface area contributed by atoms with Crippen LogP contribution in [0.4, 0.5) is 5.82 Å². The summed E-state index contributed by atoms with van der Waals surface area (Å²) in [6, 6.07) is 0.591. The molecule has 2 aliphatic heterocycles. The third-order valence-electron chi connectivity index (χ3n) is 3.61. The number of thioether (sulfide) groups is 1. The van der Waals surface area contributed by atoms with Gasteiger partial charge in [0.25, 0.3) is 0 Å². The molecule has 0 amide bonds. The SMILES string of the molecule is CCN1CCc2c(N)nn(C3CSC3)c2C1. The number of nitrogens with zero attached hydrogens (tertiary/aromatic N) is 3. The Morgan fingerprint density at radius 3 is 2.94 bits per heavy atom. The lowest BCUT2D eigenvalue weighted by Crippen LogP contribution is -2.34. The van der Waals surface area contributed by atoms with Crippen molar-refractivity contribution in [1.29, 1.82) is 0 Å². The lowest BCUT2D eigenvalue weighted by atomic mass is 10.1. The Hall–Kier alpha value is -0.680. The Morgan fingerprint density at radius 2 is 2.31 bits per heavy atom. The molecule has 0 unspecified atom stereocenters. The molecule has 0 atom stereocenters. The number of hydrogen-bond donors (Lipinski definition) is 1. The molecule has 16 heavy (non-hydrogen) atoms. The number of rotatable bonds is 2. The Morgan fingerprint density at radius 1 is 1.50 bits per heavy atom. The maximum absolute atomic E-state index is 6.01. The summed E-state index contributed by atoms with van der Waals surface area (Å²) in [5, 5.41) is 4.54. The van der Waals surface area contributed by atoms with Crippen molar-refractivity contribution in [3.8, 4) is 0 Å². The van der Waals surface area contributed by atoms with Gasteiger partial charge in [-0.15, -0.1) is 0 Å². The lowest BCUT2D eigenvalue weighted by Gasteiger charge is -2.31. The van der Waals surface area contributed by atoms with Gasteiger partial charge in [0.1, 0.15) is 5.82 Å². The Kier molecular flexibility index (Phi) is 2.59. The molecule has 5 heteroatoms. The molecule has 0 aromatic carbocycles. The average molecular weight is 238 g/mol. The van der Waals surface area contributed by atoms with Gasteiger partial charge in [-0.1, -0.05) is 6.92 Å². The molecular formula is C11H18N4S. The third-order valence-corrected chi connectivity index (χ3v) is 4.86. The summed E-state index contributed by atoms with van der Waals surface area (Å²) < 4.78 is 2.20. The van der Waals surface area contributed by atoms with Gasteiger partial charge in [-0.25, -0.2) is 0 Å². The summed E-state index contributed by atoms with van der Waals surface area (Å²) in [7, 11) is 0. The van der Waals surface area contributed by atoms with E-state index in [0.29, 0.717) is 6.04 Å². The quantitative estimate of drug-likeness (QED) is 0.839. The number of nitrogens with two attached hydrogens (primary N) is 1. The van der Waals surface area contributed by atoms with Crippen LogP contribution in [0.3, 0.4) is 0 Å². The van der Waals surface area contributed by atoms with E-state index in [9.17, 15) is 0 Å². The van der Waals surface area contributed by atoms with Gasteiger partial charge in [0.15, 0.2) is 0 Å². The van der Waals surface area contributed by atoms with Crippen molar-refractivity contribution in [2.24, 2.45) is 0 Å². The van der Waals surface area contributed by atoms with E-state index >= 15 is 0 Å². The standard InChI is InChI=1S/C11H18N4S/c1-2-14-4-3-9-10(5-14)15(13-11(9)12)8-6-16-7-8/h8H,2-7H2,1H3,(H2,12,13). The van der Waals surface area contributed by atoms with Crippen molar-refractivity contribution >= 4 is 17.6 Å². The summed E-state index contributed by atoms with van der Waals surface area (Å²) in [5.74, 6) is 3.15. The normalized spacial score (nSPS) is 21.8. The van der Waals surface area contributed by atoms with Crippen LogP contribution in [0.15, 0.2) is 0 Å². The number of anilines is 1. The number of nitrogen functional groups attached to an aromatic ring is 1. The van der Waals surface area contributed by atoms with Crippen LogP contribution < -0.4 is 5.73 Å². The van der Waals surface area contributed by atoms with Crippen LogP contribution >= 0.6 is 11.8 Å². The van der Waals surface area contributed by atoms with E-state index in [1.54, 1.807) is 0 Å². The van der Waals surface area contributed by atoms with Gasteiger partial charge in [0.05, 0.1) is 11.7 Å². The summed E-state index contributed by atoms with van der Waals surface area (Å²) in [5.41, 5.74) is 8.69. The Balaban J connectivity index is 1.94. The Labute approximate surface area is 100 Å². The number of fused-ring (bicyclic) bond motifs is 1. The molecule has 4 nitrogen and oxygen atoms in total. The minimum absolute atomic E-state index is 0.591. The van der Waals surface area contributed by atoms with E-state index in [-0.39, 0.29) is 0 Å². The second-order valence-electron chi connectivity index (χ2n) is 4.57. The zero-order chi connectivity index (χ0) is 11.1. The van der Waals surface area contributed by atoms with E-state index < -0.39 is 0 Å². The van der Waals surface area contributed by atoms with Crippen molar-refractivity contribution in [3.05, 3.63) is 11.3 Å². The van der Waals surface area contributed by atoms with Gasteiger partial charge in [-0.3, -0.25) is 9.58 Å². The average Bonchev–Trinajstić information content (AvgIpc) is 2.54. The first-order valence-corrected chi connectivity index (χ1v) is 7.11. The largest absolute Gasteiger partial charge is 0.382 e. The number of aromatic nitrogens is 2. The summed E-state index contributed by atoms with van der Waals surface area (Å²) in [6.45, 7) is 5.48. The van der Waals surface area contributed by atoms with Crippen LogP contribution in [0.25, 0.3) is 0 Å². The maximum atomic E-state index is 6.01. The number of hydrogen-bond acceptors (Lipinski definition) is 4. The van der Waals surface area contributed by atoms with Gasteiger partial charge < -0.3 is 5.73 Å². The van der Waals surface area contributed by atoms with Crippen LogP contribution in [0.5, 0.6) is 0 Å². The third kappa shape index (κ3) is 1.53. The molecule has 0 aliphatic carbocycles. The lowest BCUT2D eigenvalue weighted by molar-refractivity contribution is 0.255. The summed E-state index contributed by atoms with van der Waals surface area (Å²) in [6.07, 6.45) is 1.06. The molecular weight excluding hydrogens is 220 g/mol. The van der Waals surface area contributed by atoms with E-state index in [0.717, 1.165) is 31.9 Å². The fraction of sp³-hybridized carbons (Fsp3) is 0.727. The molecule has 0 radical (unpaired) electrons. The molecule has 1 aromatic heterocycles. The maximum Gasteiger partial charge on any atom is 0.149 e. The minimum Gasteiger partial charge on any atom is -0.382 e. The molecule has 2 aliphatic rings. The second-order valence-corrected chi connectivity index (χ2v) is 5.64. The molecule has 88 valence electrons.